The number of imidazole rings is 1. The third-order valence-electron chi connectivity index (χ3n) is 2.90. The minimum Gasteiger partial charge on any atom is -0.352 e. The van der Waals surface area contributed by atoms with Crippen molar-refractivity contribution in [2.24, 2.45) is 0 Å². The molecule has 0 aliphatic carbocycles. The zero-order valence-corrected chi connectivity index (χ0v) is 11.1. The number of pyridine rings is 1. The summed E-state index contributed by atoms with van der Waals surface area (Å²) < 4.78 is 1.84. The predicted molar refractivity (Wildman–Crippen MR) is 75.5 cm³/mol. The van der Waals surface area contributed by atoms with Gasteiger partial charge in [-0.25, -0.2) is 4.98 Å². The maximum absolute atomic E-state index is 12.1. The Morgan fingerprint density at radius 2 is 2.26 bits per heavy atom. The number of hydrogen-bond donors (Lipinski definition) is 1. The van der Waals surface area contributed by atoms with E-state index in [2.05, 4.69) is 16.4 Å². The number of fused-ring (bicyclic) bond motifs is 1. The fourth-order valence-corrected chi connectivity index (χ4v) is 2.68. The maximum atomic E-state index is 12.1. The molecule has 1 N–H and O–H groups in total. The number of nitrogens with zero attached hydrogens (tertiary/aromatic N) is 2. The van der Waals surface area contributed by atoms with Gasteiger partial charge in [0.15, 0.2) is 0 Å². The van der Waals surface area contributed by atoms with Gasteiger partial charge in [-0.2, -0.15) is 0 Å². The van der Waals surface area contributed by atoms with Gasteiger partial charge in [0.25, 0.3) is 5.91 Å². The van der Waals surface area contributed by atoms with Gasteiger partial charge in [0.05, 0.1) is 5.56 Å². The van der Waals surface area contributed by atoms with Crippen LogP contribution >= 0.6 is 11.3 Å². The van der Waals surface area contributed by atoms with Crippen LogP contribution in [-0.2, 0) is 6.42 Å². The normalized spacial score (nSPS) is 10.7. The molecule has 3 heterocycles. The molecule has 0 saturated carbocycles. The maximum Gasteiger partial charge on any atom is 0.255 e. The fourth-order valence-electron chi connectivity index (χ4n) is 1.97. The van der Waals surface area contributed by atoms with Gasteiger partial charge in [-0.15, -0.1) is 11.3 Å². The first-order chi connectivity index (χ1) is 9.34. The largest absolute Gasteiger partial charge is 0.352 e. The first-order valence-electron chi connectivity index (χ1n) is 6.07. The van der Waals surface area contributed by atoms with Crippen molar-refractivity contribution in [1.82, 2.24) is 14.7 Å². The number of rotatable bonds is 4. The molecule has 3 aromatic heterocycles. The van der Waals surface area contributed by atoms with E-state index < -0.39 is 0 Å². The van der Waals surface area contributed by atoms with Crippen molar-refractivity contribution in [2.75, 3.05) is 6.54 Å². The van der Waals surface area contributed by atoms with Crippen LogP contribution in [-0.4, -0.2) is 21.8 Å². The summed E-state index contributed by atoms with van der Waals surface area (Å²) in [6.07, 6.45) is 6.27. The molecule has 0 aromatic carbocycles. The Kier molecular flexibility index (Phi) is 3.29. The molecule has 0 saturated heterocycles. The first-order valence-corrected chi connectivity index (χ1v) is 6.95. The Balaban J connectivity index is 1.68. The van der Waals surface area contributed by atoms with Gasteiger partial charge in [0, 0.05) is 30.0 Å². The lowest BCUT2D eigenvalue weighted by atomic mass is 10.2. The summed E-state index contributed by atoms with van der Waals surface area (Å²) >= 11 is 1.71. The zero-order chi connectivity index (χ0) is 13.1. The lowest BCUT2D eigenvalue weighted by molar-refractivity contribution is 0.0955. The monoisotopic (exact) mass is 271 g/mol. The Bertz CT molecular complexity index is 688. The van der Waals surface area contributed by atoms with Gasteiger partial charge in [0.1, 0.15) is 5.65 Å². The van der Waals surface area contributed by atoms with E-state index in [1.54, 1.807) is 23.6 Å². The summed E-state index contributed by atoms with van der Waals surface area (Å²) in [5, 5.41) is 4.98. The van der Waals surface area contributed by atoms with E-state index in [4.69, 9.17) is 0 Å². The van der Waals surface area contributed by atoms with Gasteiger partial charge in [-0.05, 0) is 30.0 Å². The Labute approximate surface area is 114 Å². The third-order valence-corrected chi connectivity index (χ3v) is 3.84. The highest BCUT2D eigenvalue weighted by Crippen LogP contribution is 2.10. The summed E-state index contributed by atoms with van der Waals surface area (Å²) in [6.45, 7) is 0.640. The van der Waals surface area contributed by atoms with E-state index in [0.717, 1.165) is 6.42 Å². The number of carbonyl (C=O) groups excluding carboxylic acids is 1. The number of hydrogen-bond acceptors (Lipinski definition) is 3. The first kappa shape index (κ1) is 11.9. The molecular formula is C14H13N3OS. The van der Waals surface area contributed by atoms with Gasteiger partial charge < -0.3 is 9.72 Å². The van der Waals surface area contributed by atoms with Crippen LogP contribution in [0.3, 0.4) is 0 Å². The minimum atomic E-state index is -0.0756. The van der Waals surface area contributed by atoms with E-state index in [1.165, 1.54) is 4.88 Å². The number of thiophene rings is 1. The van der Waals surface area contributed by atoms with Gasteiger partial charge in [0.2, 0.25) is 0 Å². The SMILES string of the molecule is O=C(NCCc1cccs1)c1cccn2ccnc12. The molecule has 3 aromatic rings. The highest BCUT2D eigenvalue weighted by molar-refractivity contribution is 7.09. The van der Waals surface area contributed by atoms with Crippen LogP contribution in [0.2, 0.25) is 0 Å². The van der Waals surface area contributed by atoms with E-state index in [9.17, 15) is 4.79 Å². The zero-order valence-electron chi connectivity index (χ0n) is 10.2. The molecule has 0 radical (unpaired) electrons. The van der Waals surface area contributed by atoms with Gasteiger partial charge >= 0.3 is 0 Å². The quantitative estimate of drug-likeness (QED) is 0.792. The van der Waals surface area contributed by atoms with Crippen LogP contribution in [0, 0.1) is 0 Å². The summed E-state index contributed by atoms with van der Waals surface area (Å²) in [5.41, 5.74) is 1.30. The summed E-state index contributed by atoms with van der Waals surface area (Å²) in [5.74, 6) is -0.0756. The van der Waals surface area contributed by atoms with Crippen molar-refractivity contribution in [3.05, 3.63) is 58.7 Å². The summed E-state index contributed by atoms with van der Waals surface area (Å²) in [7, 11) is 0. The molecule has 3 rings (SSSR count). The molecule has 19 heavy (non-hydrogen) atoms. The van der Waals surface area contributed by atoms with Crippen molar-refractivity contribution in [3.63, 3.8) is 0 Å². The predicted octanol–water partition coefficient (Wildman–Crippen LogP) is 2.37. The summed E-state index contributed by atoms with van der Waals surface area (Å²) in [6, 6.07) is 7.74. The smallest absolute Gasteiger partial charge is 0.255 e. The number of aromatic nitrogens is 2. The lowest BCUT2D eigenvalue weighted by Crippen LogP contribution is -2.26. The number of nitrogens with one attached hydrogen (secondary N) is 1. The molecule has 0 unspecified atom stereocenters. The number of amides is 1. The fraction of sp³-hybridized carbons (Fsp3) is 0.143. The Hall–Kier alpha value is -2.14. The number of carbonyl (C=O) groups is 1. The van der Waals surface area contributed by atoms with Gasteiger partial charge in [-0.1, -0.05) is 6.07 Å². The van der Waals surface area contributed by atoms with Crippen molar-refractivity contribution in [2.45, 2.75) is 6.42 Å². The van der Waals surface area contributed by atoms with E-state index in [1.807, 2.05) is 34.3 Å². The van der Waals surface area contributed by atoms with Crippen LogP contribution in [0.1, 0.15) is 15.2 Å². The second kappa shape index (κ2) is 5.24. The standard InChI is InChI=1S/C14H13N3OS/c18-14(16-6-5-11-3-2-10-19-11)12-4-1-8-17-9-7-15-13(12)17/h1-4,7-10H,5-6H2,(H,16,18). The summed E-state index contributed by atoms with van der Waals surface area (Å²) in [4.78, 5) is 17.6. The van der Waals surface area contributed by atoms with Crippen LogP contribution in [0.15, 0.2) is 48.2 Å². The molecule has 96 valence electrons. The minimum absolute atomic E-state index is 0.0756. The molecule has 0 atom stereocenters. The molecule has 0 aliphatic rings. The third kappa shape index (κ3) is 2.51. The topological polar surface area (TPSA) is 46.4 Å². The second-order valence-electron chi connectivity index (χ2n) is 4.17. The van der Waals surface area contributed by atoms with E-state index >= 15 is 0 Å². The van der Waals surface area contributed by atoms with Crippen LogP contribution < -0.4 is 5.32 Å². The molecule has 0 aliphatic heterocycles. The molecule has 0 fully saturated rings. The Morgan fingerprint density at radius 1 is 1.32 bits per heavy atom. The van der Waals surface area contributed by atoms with Crippen molar-refractivity contribution in [3.8, 4) is 0 Å². The van der Waals surface area contributed by atoms with Crippen molar-refractivity contribution in [1.29, 1.82) is 0 Å². The highest BCUT2D eigenvalue weighted by atomic mass is 32.1. The highest BCUT2D eigenvalue weighted by Gasteiger charge is 2.10. The molecule has 5 heteroatoms. The average Bonchev–Trinajstić information content (AvgIpc) is 3.08. The van der Waals surface area contributed by atoms with Gasteiger partial charge in [-0.3, -0.25) is 4.79 Å². The lowest BCUT2D eigenvalue weighted by Gasteiger charge is -2.05. The molecular weight excluding hydrogens is 258 g/mol. The van der Waals surface area contributed by atoms with Crippen LogP contribution in [0.25, 0.3) is 5.65 Å². The van der Waals surface area contributed by atoms with Crippen LogP contribution in [0.5, 0.6) is 0 Å². The van der Waals surface area contributed by atoms with E-state index in [-0.39, 0.29) is 5.91 Å². The van der Waals surface area contributed by atoms with Crippen LogP contribution in [0.4, 0.5) is 0 Å². The average molecular weight is 271 g/mol. The molecule has 1 amide bonds. The van der Waals surface area contributed by atoms with E-state index in [0.29, 0.717) is 17.8 Å². The van der Waals surface area contributed by atoms with Crippen molar-refractivity contribution < 1.29 is 4.79 Å². The molecule has 0 bridgehead atoms. The Morgan fingerprint density at radius 3 is 3.11 bits per heavy atom. The molecule has 4 nitrogen and oxygen atoms in total. The second-order valence-corrected chi connectivity index (χ2v) is 5.20. The van der Waals surface area contributed by atoms with Crippen molar-refractivity contribution >= 4 is 22.9 Å². The molecule has 0 spiro atoms.